The highest BCUT2D eigenvalue weighted by molar-refractivity contribution is 5.82. The van der Waals surface area contributed by atoms with Crippen LogP contribution in [0.4, 0.5) is 0 Å². The van der Waals surface area contributed by atoms with Crippen LogP contribution >= 0.6 is 0 Å². The van der Waals surface area contributed by atoms with Crippen LogP contribution in [-0.2, 0) is 11.2 Å². The lowest BCUT2D eigenvalue weighted by molar-refractivity contribution is -0.119. The molecule has 2 nitrogen and oxygen atoms in total. The Labute approximate surface area is 116 Å². The fraction of sp³-hybridized carbons (Fsp3) is 0.588. The van der Waals surface area contributed by atoms with Crippen LogP contribution in [0, 0.1) is 13.8 Å². The van der Waals surface area contributed by atoms with Crippen LogP contribution in [-0.4, -0.2) is 11.3 Å². The molecule has 0 aromatic heterocycles. The Bertz CT molecular complexity index is 458. The number of aryl methyl sites for hydroxylation is 2. The van der Waals surface area contributed by atoms with Crippen molar-refractivity contribution in [1.82, 2.24) is 0 Å². The summed E-state index contributed by atoms with van der Waals surface area (Å²) in [5, 5.41) is 0. The van der Waals surface area contributed by atoms with E-state index in [9.17, 15) is 4.79 Å². The van der Waals surface area contributed by atoms with Gasteiger partial charge in [-0.05, 0) is 43.4 Å². The van der Waals surface area contributed by atoms with Crippen molar-refractivity contribution in [1.29, 1.82) is 0 Å². The molecule has 104 valence electrons. The average molecular weight is 259 g/mol. The Morgan fingerprint density at radius 2 is 1.84 bits per heavy atom. The first-order valence-corrected chi connectivity index (χ1v) is 7.35. The number of rotatable bonds is 4. The second-order valence-electron chi connectivity index (χ2n) is 6.23. The predicted octanol–water partition coefficient (Wildman–Crippen LogP) is 3.47. The normalized spacial score (nSPS) is 18.3. The molecule has 1 aromatic carbocycles. The van der Waals surface area contributed by atoms with E-state index in [0.29, 0.717) is 12.8 Å². The van der Waals surface area contributed by atoms with Gasteiger partial charge in [-0.2, -0.15) is 0 Å². The minimum atomic E-state index is -0.227. The molecule has 2 heteroatoms. The molecular formula is C17H25NO. The molecule has 0 heterocycles. The Morgan fingerprint density at radius 1 is 1.16 bits per heavy atom. The van der Waals surface area contributed by atoms with Crippen LogP contribution in [0.25, 0.3) is 0 Å². The molecule has 1 aromatic rings. The summed E-state index contributed by atoms with van der Waals surface area (Å²) >= 11 is 0. The van der Waals surface area contributed by atoms with Crippen molar-refractivity contribution in [2.45, 2.75) is 64.3 Å². The molecule has 1 saturated carbocycles. The zero-order valence-electron chi connectivity index (χ0n) is 12.2. The van der Waals surface area contributed by atoms with E-state index in [0.717, 1.165) is 18.4 Å². The largest absolute Gasteiger partial charge is 0.325 e. The fourth-order valence-electron chi connectivity index (χ4n) is 3.03. The molecule has 19 heavy (non-hydrogen) atoms. The minimum absolute atomic E-state index is 0.227. The van der Waals surface area contributed by atoms with Crippen LogP contribution < -0.4 is 5.73 Å². The van der Waals surface area contributed by atoms with Gasteiger partial charge in [0.15, 0.2) is 0 Å². The molecule has 1 aliphatic carbocycles. The molecule has 0 amide bonds. The quantitative estimate of drug-likeness (QED) is 0.899. The zero-order valence-corrected chi connectivity index (χ0v) is 12.2. The van der Waals surface area contributed by atoms with E-state index in [2.05, 4.69) is 32.0 Å². The number of ketones is 1. The van der Waals surface area contributed by atoms with Crippen LogP contribution in [0.2, 0.25) is 0 Å². The van der Waals surface area contributed by atoms with Gasteiger partial charge >= 0.3 is 0 Å². The van der Waals surface area contributed by atoms with Gasteiger partial charge in [-0.1, -0.05) is 37.5 Å². The predicted molar refractivity (Wildman–Crippen MR) is 79.2 cm³/mol. The Hall–Kier alpha value is -1.15. The summed E-state index contributed by atoms with van der Waals surface area (Å²) in [7, 11) is 0. The van der Waals surface area contributed by atoms with Crippen LogP contribution in [0.5, 0.6) is 0 Å². The summed E-state index contributed by atoms with van der Waals surface area (Å²) in [5.74, 6) is 0.285. The lowest BCUT2D eigenvalue weighted by Crippen LogP contribution is -2.43. The SMILES string of the molecule is Cc1ccc(CC(=O)CC2(N)CCCCC2)cc1C. The highest BCUT2D eigenvalue weighted by Crippen LogP contribution is 2.29. The molecular weight excluding hydrogens is 234 g/mol. The molecule has 0 unspecified atom stereocenters. The summed E-state index contributed by atoms with van der Waals surface area (Å²) in [6.07, 6.45) is 6.70. The summed E-state index contributed by atoms with van der Waals surface area (Å²) in [4.78, 5) is 12.2. The van der Waals surface area contributed by atoms with Gasteiger partial charge in [-0.25, -0.2) is 0 Å². The van der Waals surface area contributed by atoms with Gasteiger partial charge in [-0.3, -0.25) is 4.79 Å². The first-order chi connectivity index (χ1) is 8.98. The number of carbonyl (C=O) groups is 1. The van der Waals surface area contributed by atoms with Crippen molar-refractivity contribution >= 4 is 5.78 Å². The van der Waals surface area contributed by atoms with Crippen molar-refractivity contribution in [3.63, 3.8) is 0 Å². The average Bonchev–Trinajstić information content (AvgIpc) is 2.34. The number of hydrogen-bond acceptors (Lipinski definition) is 2. The molecule has 1 aliphatic rings. The number of hydrogen-bond donors (Lipinski definition) is 1. The van der Waals surface area contributed by atoms with E-state index >= 15 is 0 Å². The number of carbonyl (C=O) groups excluding carboxylic acids is 1. The van der Waals surface area contributed by atoms with E-state index < -0.39 is 0 Å². The highest BCUT2D eigenvalue weighted by atomic mass is 16.1. The third-order valence-corrected chi connectivity index (χ3v) is 4.37. The first kappa shape index (κ1) is 14.3. The van der Waals surface area contributed by atoms with Crippen molar-refractivity contribution in [2.75, 3.05) is 0 Å². The third kappa shape index (κ3) is 3.90. The van der Waals surface area contributed by atoms with E-state index in [1.54, 1.807) is 0 Å². The smallest absolute Gasteiger partial charge is 0.139 e. The molecule has 0 saturated heterocycles. The molecule has 0 bridgehead atoms. The highest BCUT2D eigenvalue weighted by Gasteiger charge is 2.29. The molecule has 0 aliphatic heterocycles. The Morgan fingerprint density at radius 3 is 2.47 bits per heavy atom. The Balaban J connectivity index is 1.95. The van der Waals surface area contributed by atoms with Crippen LogP contribution in [0.1, 0.15) is 55.2 Å². The monoisotopic (exact) mass is 259 g/mol. The molecule has 0 radical (unpaired) electrons. The number of nitrogens with two attached hydrogens (primary N) is 1. The van der Waals surface area contributed by atoms with Gasteiger partial charge < -0.3 is 5.73 Å². The topological polar surface area (TPSA) is 43.1 Å². The maximum absolute atomic E-state index is 12.2. The molecule has 2 N–H and O–H groups in total. The van der Waals surface area contributed by atoms with E-state index in [4.69, 9.17) is 5.73 Å². The first-order valence-electron chi connectivity index (χ1n) is 7.35. The van der Waals surface area contributed by atoms with Gasteiger partial charge in [0.05, 0.1) is 0 Å². The van der Waals surface area contributed by atoms with Crippen molar-refractivity contribution < 1.29 is 4.79 Å². The Kier molecular flexibility index (Phi) is 4.41. The standard InChI is InChI=1S/C17H25NO/c1-13-6-7-15(10-14(13)2)11-16(19)12-17(18)8-4-3-5-9-17/h6-7,10H,3-5,8-9,11-12,18H2,1-2H3. The summed E-state index contributed by atoms with van der Waals surface area (Å²) < 4.78 is 0. The molecule has 0 spiro atoms. The fourth-order valence-corrected chi connectivity index (χ4v) is 3.03. The number of benzene rings is 1. The van der Waals surface area contributed by atoms with Crippen LogP contribution in [0.3, 0.4) is 0 Å². The van der Waals surface area contributed by atoms with E-state index in [1.807, 2.05) is 0 Å². The van der Waals surface area contributed by atoms with Gasteiger partial charge in [0.2, 0.25) is 0 Å². The van der Waals surface area contributed by atoms with Crippen LogP contribution in [0.15, 0.2) is 18.2 Å². The van der Waals surface area contributed by atoms with Crippen molar-refractivity contribution in [3.05, 3.63) is 34.9 Å². The maximum atomic E-state index is 12.2. The van der Waals surface area contributed by atoms with E-state index in [1.165, 1.54) is 30.4 Å². The number of Topliss-reactive ketones (excluding diaryl/α,β-unsaturated/α-hetero) is 1. The van der Waals surface area contributed by atoms with Crippen molar-refractivity contribution in [2.24, 2.45) is 5.73 Å². The second kappa shape index (κ2) is 5.87. The molecule has 1 fully saturated rings. The minimum Gasteiger partial charge on any atom is -0.325 e. The van der Waals surface area contributed by atoms with Gasteiger partial charge in [-0.15, -0.1) is 0 Å². The van der Waals surface area contributed by atoms with Crippen molar-refractivity contribution in [3.8, 4) is 0 Å². The third-order valence-electron chi connectivity index (χ3n) is 4.37. The second-order valence-corrected chi connectivity index (χ2v) is 6.23. The lowest BCUT2D eigenvalue weighted by atomic mass is 9.78. The zero-order chi connectivity index (χ0) is 13.9. The summed E-state index contributed by atoms with van der Waals surface area (Å²) in [6, 6.07) is 6.28. The van der Waals surface area contributed by atoms with Gasteiger partial charge in [0, 0.05) is 18.4 Å². The summed E-state index contributed by atoms with van der Waals surface area (Å²) in [6.45, 7) is 4.19. The lowest BCUT2D eigenvalue weighted by Gasteiger charge is -2.32. The molecule has 0 atom stereocenters. The van der Waals surface area contributed by atoms with E-state index in [-0.39, 0.29) is 11.3 Å². The van der Waals surface area contributed by atoms with Gasteiger partial charge in [0.25, 0.3) is 0 Å². The summed E-state index contributed by atoms with van der Waals surface area (Å²) in [5.41, 5.74) is 9.77. The van der Waals surface area contributed by atoms with Gasteiger partial charge in [0.1, 0.15) is 5.78 Å². The maximum Gasteiger partial charge on any atom is 0.139 e. The molecule has 2 rings (SSSR count).